The van der Waals surface area contributed by atoms with Crippen LogP contribution < -0.4 is 4.90 Å². The van der Waals surface area contributed by atoms with E-state index in [1.807, 2.05) is 36.1 Å². The van der Waals surface area contributed by atoms with Crippen molar-refractivity contribution in [1.29, 1.82) is 5.26 Å². The zero-order valence-electron chi connectivity index (χ0n) is 13.3. The summed E-state index contributed by atoms with van der Waals surface area (Å²) in [6.45, 7) is 4.96. The van der Waals surface area contributed by atoms with Gasteiger partial charge in [0.25, 0.3) is 5.91 Å². The number of nitrogens with zero attached hydrogens (tertiary/aromatic N) is 3. The molecular weight excluding hydrogens is 278 g/mol. The fourth-order valence-corrected chi connectivity index (χ4v) is 2.87. The normalized spacial score (nSPS) is 16.8. The lowest BCUT2D eigenvalue weighted by molar-refractivity contribution is -0.141. The summed E-state index contributed by atoms with van der Waals surface area (Å²) in [4.78, 5) is 16.5. The third-order valence-corrected chi connectivity index (χ3v) is 4.10. The standard InChI is InChI=1S/C17H23N3O2/c1-3-16(22-2)17(21)20-10-6-9-19(11-12-20)15-8-5-4-7-14(15)13-18/h4-5,7-8,16H,3,6,9-12H2,1-2H3. The van der Waals surface area contributed by atoms with Crippen LogP contribution in [-0.2, 0) is 9.53 Å². The van der Waals surface area contributed by atoms with Gasteiger partial charge in [-0.15, -0.1) is 0 Å². The van der Waals surface area contributed by atoms with Crippen molar-refractivity contribution < 1.29 is 9.53 Å². The Labute approximate surface area is 132 Å². The van der Waals surface area contributed by atoms with E-state index in [0.717, 1.165) is 31.7 Å². The summed E-state index contributed by atoms with van der Waals surface area (Å²) < 4.78 is 5.26. The average Bonchev–Trinajstić information content (AvgIpc) is 2.81. The number of amides is 1. The van der Waals surface area contributed by atoms with E-state index in [1.54, 1.807) is 7.11 Å². The third-order valence-electron chi connectivity index (χ3n) is 4.10. The molecule has 0 aliphatic carbocycles. The van der Waals surface area contributed by atoms with Crippen molar-refractivity contribution in [2.75, 3.05) is 38.2 Å². The molecule has 1 amide bonds. The van der Waals surface area contributed by atoms with Crippen LogP contribution in [-0.4, -0.2) is 50.2 Å². The van der Waals surface area contributed by atoms with Gasteiger partial charge in [-0.1, -0.05) is 19.1 Å². The number of ether oxygens (including phenoxy) is 1. The first-order chi connectivity index (χ1) is 10.7. The minimum atomic E-state index is -0.349. The van der Waals surface area contributed by atoms with E-state index < -0.39 is 0 Å². The number of rotatable bonds is 4. The number of para-hydroxylation sites is 1. The number of methoxy groups -OCH3 is 1. The van der Waals surface area contributed by atoms with Crippen LogP contribution >= 0.6 is 0 Å². The molecule has 0 radical (unpaired) electrons. The molecule has 1 aromatic rings. The van der Waals surface area contributed by atoms with Crippen LogP contribution in [0.5, 0.6) is 0 Å². The molecule has 0 N–H and O–H groups in total. The zero-order chi connectivity index (χ0) is 15.9. The highest BCUT2D eigenvalue weighted by Crippen LogP contribution is 2.21. The van der Waals surface area contributed by atoms with Crippen LogP contribution in [0.4, 0.5) is 5.69 Å². The van der Waals surface area contributed by atoms with Gasteiger partial charge in [-0.3, -0.25) is 4.79 Å². The summed E-state index contributed by atoms with van der Waals surface area (Å²) in [5.41, 5.74) is 1.64. The molecule has 1 atom stereocenters. The number of nitriles is 1. The maximum Gasteiger partial charge on any atom is 0.251 e. The lowest BCUT2D eigenvalue weighted by atomic mass is 10.1. The number of benzene rings is 1. The second kappa shape index (κ2) is 7.81. The average molecular weight is 301 g/mol. The Hall–Kier alpha value is -2.06. The van der Waals surface area contributed by atoms with E-state index in [-0.39, 0.29) is 12.0 Å². The molecule has 1 saturated heterocycles. The number of hydrogen-bond donors (Lipinski definition) is 0. The third kappa shape index (κ3) is 3.58. The van der Waals surface area contributed by atoms with Crippen LogP contribution in [0.3, 0.4) is 0 Å². The molecule has 5 nitrogen and oxygen atoms in total. The van der Waals surface area contributed by atoms with Crippen molar-refractivity contribution in [2.45, 2.75) is 25.9 Å². The lowest BCUT2D eigenvalue weighted by Gasteiger charge is -2.26. The Bertz CT molecular complexity index is 549. The minimum Gasteiger partial charge on any atom is -0.372 e. The van der Waals surface area contributed by atoms with Gasteiger partial charge in [-0.25, -0.2) is 0 Å². The van der Waals surface area contributed by atoms with Gasteiger partial charge in [0.15, 0.2) is 0 Å². The Morgan fingerprint density at radius 3 is 2.77 bits per heavy atom. The number of carbonyl (C=O) groups excluding carboxylic acids is 1. The molecule has 22 heavy (non-hydrogen) atoms. The van der Waals surface area contributed by atoms with E-state index in [0.29, 0.717) is 18.5 Å². The number of hydrogen-bond acceptors (Lipinski definition) is 4. The van der Waals surface area contributed by atoms with Gasteiger partial charge in [0, 0.05) is 33.3 Å². The van der Waals surface area contributed by atoms with Gasteiger partial charge in [0.1, 0.15) is 12.2 Å². The van der Waals surface area contributed by atoms with Gasteiger partial charge >= 0.3 is 0 Å². The van der Waals surface area contributed by atoms with Gasteiger partial charge in [-0.2, -0.15) is 5.26 Å². The van der Waals surface area contributed by atoms with Crippen LogP contribution in [0, 0.1) is 11.3 Å². The molecule has 0 aromatic heterocycles. The van der Waals surface area contributed by atoms with E-state index >= 15 is 0 Å². The SMILES string of the molecule is CCC(OC)C(=O)N1CCCN(c2ccccc2C#N)CC1. The van der Waals surface area contributed by atoms with Crippen molar-refractivity contribution in [3.05, 3.63) is 29.8 Å². The molecule has 5 heteroatoms. The topological polar surface area (TPSA) is 56.6 Å². The van der Waals surface area contributed by atoms with E-state index in [2.05, 4.69) is 11.0 Å². The zero-order valence-corrected chi connectivity index (χ0v) is 13.3. The van der Waals surface area contributed by atoms with Gasteiger partial charge in [0.05, 0.1) is 11.3 Å². The van der Waals surface area contributed by atoms with Crippen molar-refractivity contribution in [3.8, 4) is 6.07 Å². The fourth-order valence-electron chi connectivity index (χ4n) is 2.87. The van der Waals surface area contributed by atoms with E-state index in [4.69, 9.17) is 4.74 Å². The molecule has 1 aliphatic rings. The predicted octanol–water partition coefficient (Wildman–Crippen LogP) is 2.02. The molecular formula is C17H23N3O2. The fraction of sp³-hybridized carbons (Fsp3) is 0.529. The quantitative estimate of drug-likeness (QED) is 0.854. The highest BCUT2D eigenvalue weighted by Gasteiger charge is 2.25. The largest absolute Gasteiger partial charge is 0.372 e. The van der Waals surface area contributed by atoms with Crippen LogP contribution in [0.2, 0.25) is 0 Å². The monoisotopic (exact) mass is 301 g/mol. The molecule has 1 heterocycles. The summed E-state index contributed by atoms with van der Waals surface area (Å²) >= 11 is 0. The first kappa shape index (κ1) is 16.3. The maximum atomic E-state index is 12.4. The maximum absolute atomic E-state index is 12.4. The molecule has 1 unspecified atom stereocenters. The summed E-state index contributed by atoms with van der Waals surface area (Å²) in [7, 11) is 1.58. The second-order valence-corrected chi connectivity index (χ2v) is 5.43. The summed E-state index contributed by atoms with van der Waals surface area (Å²) in [5, 5.41) is 9.24. The number of anilines is 1. The Morgan fingerprint density at radius 2 is 2.09 bits per heavy atom. The molecule has 2 rings (SSSR count). The van der Waals surface area contributed by atoms with Crippen molar-refractivity contribution in [2.24, 2.45) is 0 Å². The Morgan fingerprint density at radius 1 is 1.32 bits per heavy atom. The summed E-state index contributed by atoms with van der Waals surface area (Å²) in [6.07, 6.45) is 1.23. The Kier molecular flexibility index (Phi) is 5.79. The molecule has 0 saturated carbocycles. The van der Waals surface area contributed by atoms with E-state index in [9.17, 15) is 10.1 Å². The van der Waals surface area contributed by atoms with Crippen LogP contribution in [0.15, 0.2) is 24.3 Å². The molecule has 0 bridgehead atoms. The second-order valence-electron chi connectivity index (χ2n) is 5.43. The van der Waals surface area contributed by atoms with Gasteiger partial charge in [-0.05, 0) is 25.0 Å². The summed E-state index contributed by atoms with van der Waals surface area (Å²) in [5.74, 6) is 0.0698. The smallest absolute Gasteiger partial charge is 0.251 e. The Balaban J connectivity index is 2.07. The van der Waals surface area contributed by atoms with Crippen LogP contribution in [0.1, 0.15) is 25.3 Å². The predicted molar refractivity (Wildman–Crippen MR) is 85.7 cm³/mol. The van der Waals surface area contributed by atoms with E-state index in [1.165, 1.54) is 0 Å². The minimum absolute atomic E-state index is 0.0698. The lowest BCUT2D eigenvalue weighted by Crippen LogP contribution is -2.42. The molecule has 0 spiro atoms. The van der Waals surface area contributed by atoms with Crippen molar-refractivity contribution in [3.63, 3.8) is 0 Å². The van der Waals surface area contributed by atoms with Gasteiger partial charge < -0.3 is 14.5 Å². The molecule has 1 aromatic carbocycles. The number of carbonyl (C=O) groups is 1. The van der Waals surface area contributed by atoms with Crippen molar-refractivity contribution >= 4 is 11.6 Å². The van der Waals surface area contributed by atoms with Crippen LogP contribution in [0.25, 0.3) is 0 Å². The highest BCUT2D eigenvalue weighted by atomic mass is 16.5. The van der Waals surface area contributed by atoms with Crippen molar-refractivity contribution in [1.82, 2.24) is 4.90 Å². The first-order valence-corrected chi connectivity index (χ1v) is 7.77. The summed E-state index contributed by atoms with van der Waals surface area (Å²) in [6, 6.07) is 9.87. The van der Waals surface area contributed by atoms with Gasteiger partial charge in [0.2, 0.25) is 0 Å². The molecule has 118 valence electrons. The first-order valence-electron chi connectivity index (χ1n) is 7.77. The molecule has 1 aliphatic heterocycles. The molecule has 1 fully saturated rings. The highest BCUT2D eigenvalue weighted by molar-refractivity contribution is 5.81.